The largest absolute Gasteiger partial charge is 0.492 e. The van der Waals surface area contributed by atoms with Crippen LogP contribution in [0.4, 0.5) is 5.69 Å². The highest BCUT2D eigenvalue weighted by atomic mass is 35.5. The SMILES string of the molecule is O=C(O)c1ccc(OCCNc2ccc(Cl)c(Cl)c2)cc1. The van der Waals surface area contributed by atoms with Crippen molar-refractivity contribution in [2.75, 3.05) is 18.5 Å². The fraction of sp³-hybridized carbons (Fsp3) is 0.133. The molecule has 110 valence electrons. The highest BCUT2D eigenvalue weighted by Crippen LogP contribution is 2.24. The molecule has 6 heteroatoms. The predicted molar refractivity (Wildman–Crippen MR) is 83.8 cm³/mol. The molecule has 0 spiro atoms. The maximum Gasteiger partial charge on any atom is 0.335 e. The molecule has 21 heavy (non-hydrogen) atoms. The molecule has 0 bridgehead atoms. The van der Waals surface area contributed by atoms with Crippen LogP contribution in [-0.2, 0) is 0 Å². The van der Waals surface area contributed by atoms with Gasteiger partial charge in [-0.2, -0.15) is 0 Å². The summed E-state index contributed by atoms with van der Waals surface area (Å²) in [6.45, 7) is 1.02. The Bertz CT molecular complexity index is 629. The van der Waals surface area contributed by atoms with Crippen molar-refractivity contribution in [3.63, 3.8) is 0 Å². The van der Waals surface area contributed by atoms with Crippen molar-refractivity contribution >= 4 is 34.9 Å². The van der Waals surface area contributed by atoms with Crippen LogP contribution in [0.15, 0.2) is 42.5 Å². The van der Waals surface area contributed by atoms with Crippen molar-refractivity contribution in [2.45, 2.75) is 0 Å². The number of benzene rings is 2. The van der Waals surface area contributed by atoms with Crippen molar-refractivity contribution in [3.05, 3.63) is 58.1 Å². The molecule has 2 N–H and O–H groups in total. The molecule has 0 heterocycles. The summed E-state index contributed by atoms with van der Waals surface area (Å²) in [7, 11) is 0. The first-order valence-electron chi connectivity index (χ1n) is 6.21. The quantitative estimate of drug-likeness (QED) is 0.782. The molecule has 2 aromatic rings. The normalized spacial score (nSPS) is 10.2. The molecule has 0 amide bonds. The molecule has 4 nitrogen and oxygen atoms in total. The molecule has 0 aliphatic heterocycles. The third-order valence-electron chi connectivity index (χ3n) is 2.72. The van der Waals surface area contributed by atoms with Crippen molar-refractivity contribution in [3.8, 4) is 5.75 Å². The molecule has 2 aromatic carbocycles. The van der Waals surface area contributed by atoms with E-state index in [4.69, 9.17) is 33.0 Å². The summed E-state index contributed by atoms with van der Waals surface area (Å²) < 4.78 is 5.50. The summed E-state index contributed by atoms with van der Waals surface area (Å²) in [5.74, 6) is -0.334. The maximum atomic E-state index is 10.7. The Kier molecular flexibility index (Phi) is 5.31. The lowest BCUT2D eigenvalue weighted by atomic mass is 10.2. The van der Waals surface area contributed by atoms with E-state index in [1.165, 1.54) is 12.1 Å². The van der Waals surface area contributed by atoms with Gasteiger partial charge in [0.2, 0.25) is 0 Å². The first-order chi connectivity index (χ1) is 10.1. The molecule has 0 radical (unpaired) electrons. The summed E-state index contributed by atoms with van der Waals surface area (Å²) in [4.78, 5) is 10.7. The minimum atomic E-state index is -0.956. The second-order valence-corrected chi connectivity index (χ2v) is 5.05. The van der Waals surface area contributed by atoms with E-state index < -0.39 is 5.97 Å². The Labute approximate surface area is 132 Å². The highest BCUT2D eigenvalue weighted by Gasteiger charge is 2.02. The van der Waals surface area contributed by atoms with E-state index in [1.54, 1.807) is 24.3 Å². The van der Waals surface area contributed by atoms with Gasteiger partial charge >= 0.3 is 5.97 Å². The standard InChI is InChI=1S/C15H13Cl2NO3/c16-13-6-3-11(9-14(13)17)18-7-8-21-12-4-1-10(2-5-12)15(19)20/h1-6,9,18H,7-8H2,(H,19,20). The summed E-state index contributed by atoms with van der Waals surface area (Å²) in [5, 5.41) is 12.9. The average Bonchev–Trinajstić information content (AvgIpc) is 2.47. The van der Waals surface area contributed by atoms with Crippen molar-refractivity contribution in [1.29, 1.82) is 0 Å². The second-order valence-electron chi connectivity index (χ2n) is 4.23. The Morgan fingerprint density at radius 3 is 2.43 bits per heavy atom. The van der Waals surface area contributed by atoms with Gasteiger partial charge in [-0.3, -0.25) is 0 Å². The molecule has 0 atom stereocenters. The molecule has 0 saturated heterocycles. The van der Waals surface area contributed by atoms with E-state index in [2.05, 4.69) is 5.32 Å². The fourth-order valence-corrected chi connectivity index (χ4v) is 1.96. The van der Waals surface area contributed by atoms with Gasteiger partial charge in [0.25, 0.3) is 0 Å². The molecule has 0 fully saturated rings. The van der Waals surface area contributed by atoms with Crippen LogP contribution in [0.2, 0.25) is 10.0 Å². The Morgan fingerprint density at radius 2 is 1.81 bits per heavy atom. The van der Waals surface area contributed by atoms with Crippen LogP contribution >= 0.6 is 23.2 Å². The number of aromatic carboxylic acids is 1. The van der Waals surface area contributed by atoms with Crippen LogP contribution in [0.5, 0.6) is 5.75 Å². The third-order valence-corrected chi connectivity index (χ3v) is 3.46. The minimum Gasteiger partial charge on any atom is -0.492 e. The van der Waals surface area contributed by atoms with Gasteiger partial charge in [-0.05, 0) is 42.5 Å². The average molecular weight is 326 g/mol. The lowest BCUT2D eigenvalue weighted by Crippen LogP contribution is -2.11. The number of nitrogens with one attached hydrogen (secondary N) is 1. The molecule has 0 aromatic heterocycles. The molecule has 0 unspecified atom stereocenters. The molecule has 0 aliphatic rings. The monoisotopic (exact) mass is 325 g/mol. The van der Waals surface area contributed by atoms with E-state index in [0.29, 0.717) is 28.9 Å². The van der Waals surface area contributed by atoms with Crippen LogP contribution in [0, 0.1) is 0 Å². The molecular weight excluding hydrogens is 313 g/mol. The number of rotatable bonds is 6. The van der Waals surface area contributed by atoms with Crippen LogP contribution in [0.3, 0.4) is 0 Å². The third kappa shape index (κ3) is 4.55. The van der Waals surface area contributed by atoms with E-state index in [0.717, 1.165) is 5.69 Å². The summed E-state index contributed by atoms with van der Waals surface area (Å²) in [6, 6.07) is 11.6. The van der Waals surface area contributed by atoms with Crippen LogP contribution in [0.25, 0.3) is 0 Å². The lowest BCUT2D eigenvalue weighted by Gasteiger charge is -2.09. The van der Waals surface area contributed by atoms with Gasteiger partial charge < -0.3 is 15.2 Å². The van der Waals surface area contributed by atoms with E-state index in [1.807, 2.05) is 6.07 Å². The number of halogens is 2. The first kappa shape index (κ1) is 15.5. The fourth-order valence-electron chi connectivity index (χ4n) is 1.66. The van der Waals surface area contributed by atoms with E-state index in [9.17, 15) is 4.79 Å². The second kappa shape index (κ2) is 7.20. The number of carbonyl (C=O) groups is 1. The zero-order valence-electron chi connectivity index (χ0n) is 11.0. The number of hydrogen-bond donors (Lipinski definition) is 2. The minimum absolute atomic E-state index is 0.233. The Morgan fingerprint density at radius 1 is 1.10 bits per heavy atom. The van der Waals surface area contributed by atoms with Gasteiger partial charge in [-0.1, -0.05) is 23.2 Å². The predicted octanol–water partition coefficient (Wildman–Crippen LogP) is 4.18. The van der Waals surface area contributed by atoms with Crippen LogP contribution in [-0.4, -0.2) is 24.2 Å². The van der Waals surface area contributed by atoms with Gasteiger partial charge in [0, 0.05) is 12.2 Å². The van der Waals surface area contributed by atoms with Gasteiger partial charge in [0.05, 0.1) is 15.6 Å². The summed E-state index contributed by atoms with van der Waals surface area (Å²) >= 11 is 11.7. The summed E-state index contributed by atoms with van der Waals surface area (Å²) in [5.41, 5.74) is 1.09. The molecule has 0 aliphatic carbocycles. The van der Waals surface area contributed by atoms with Crippen molar-refractivity contribution in [2.24, 2.45) is 0 Å². The number of carboxylic acids is 1. The zero-order valence-corrected chi connectivity index (χ0v) is 12.5. The van der Waals surface area contributed by atoms with Crippen LogP contribution in [0.1, 0.15) is 10.4 Å². The van der Waals surface area contributed by atoms with Gasteiger partial charge in [0.1, 0.15) is 12.4 Å². The highest BCUT2D eigenvalue weighted by molar-refractivity contribution is 6.42. The van der Waals surface area contributed by atoms with E-state index >= 15 is 0 Å². The maximum absolute atomic E-state index is 10.7. The number of carboxylic acid groups (broad SMARTS) is 1. The van der Waals surface area contributed by atoms with Gasteiger partial charge in [-0.25, -0.2) is 4.79 Å². The smallest absolute Gasteiger partial charge is 0.335 e. The van der Waals surface area contributed by atoms with Gasteiger partial charge in [-0.15, -0.1) is 0 Å². The van der Waals surface area contributed by atoms with Gasteiger partial charge in [0.15, 0.2) is 0 Å². The number of ether oxygens (including phenoxy) is 1. The lowest BCUT2D eigenvalue weighted by molar-refractivity contribution is 0.0697. The number of hydrogen-bond acceptors (Lipinski definition) is 3. The molecule has 0 saturated carbocycles. The van der Waals surface area contributed by atoms with E-state index in [-0.39, 0.29) is 5.56 Å². The molecule has 2 rings (SSSR count). The Balaban J connectivity index is 1.79. The Hall–Kier alpha value is -1.91. The molecular formula is C15H13Cl2NO3. The zero-order chi connectivity index (χ0) is 15.2. The summed E-state index contributed by atoms with van der Waals surface area (Å²) in [6.07, 6.45) is 0. The van der Waals surface area contributed by atoms with Crippen LogP contribution < -0.4 is 10.1 Å². The van der Waals surface area contributed by atoms with Crippen molar-refractivity contribution < 1.29 is 14.6 Å². The topological polar surface area (TPSA) is 58.6 Å². The first-order valence-corrected chi connectivity index (χ1v) is 6.97. The van der Waals surface area contributed by atoms with Crippen molar-refractivity contribution in [1.82, 2.24) is 0 Å². The number of anilines is 1.